The van der Waals surface area contributed by atoms with Crippen molar-refractivity contribution in [1.82, 2.24) is 10.2 Å². The number of likely N-dealkylation sites (tertiary alicyclic amines) is 1. The zero-order chi connectivity index (χ0) is 19.1. The van der Waals surface area contributed by atoms with Crippen LogP contribution in [0.3, 0.4) is 0 Å². The van der Waals surface area contributed by atoms with Crippen LogP contribution >= 0.6 is 15.9 Å². The maximum Gasteiger partial charge on any atom is 0.317 e. The number of anilines is 1. The molecule has 3 N–H and O–H groups in total. The van der Waals surface area contributed by atoms with E-state index in [2.05, 4.69) is 26.6 Å². The van der Waals surface area contributed by atoms with Gasteiger partial charge in [0.15, 0.2) is 0 Å². The van der Waals surface area contributed by atoms with Crippen LogP contribution in [0, 0.1) is 5.41 Å². The second-order valence-electron chi connectivity index (χ2n) is 7.78. The van der Waals surface area contributed by atoms with Gasteiger partial charge < -0.3 is 15.5 Å². The molecule has 3 rings (SSSR count). The lowest BCUT2D eigenvalue weighted by molar-refractivity contribution is 0.176. The Balaban J connectivity index is 1.55. The summed E-state index contributed by atoms with van der Waals surface area (Å²) in [5, 5.41) is 14.7. The van der Waals surface area contributed by atoms with Crippen molar-refractivity contribution in [1.29, 1.82) is 5.41 Å². The summed E-state index contributed by atoms with van der Waals surface area (Å²) in [6, 6.07) is 8.49. The van der Waals surface area contributed by atoms with Crippen molar-refractivity contribution in [2.45, 2.75) is 69.9 Å². The number of amides is 2. The lowest BCUT2D eigenvalue weighted by Gasteiger charge is -2.35. The largest absolute Gasteiger partial charge is 0.380 e. The molecule has 0 bridgehead atoms. The maximum atomic E-state index is 12.8. The van der Waals surface area contributed by atoms with Crippen LogP contribution in [0.5, 0.6) is 0 Å². The lowest BCUT2D eigenvalue weighted by atomic mass is 9.97. The number of para-hydroxylation sites is 1. The first kappa shape index (κ1) is 20.2. The number of benzene rings is 1. The predicted octanol–water partition coefficient (Wildman–Crippen LogP) is 5.11. The quantitative estimate of drug-likeness (QED) is 0.576. The van der Waals surface area contributed by atoms with Gasteiger partial charge >= 0.3 is 6.03 Å². The summed E-state index contributed by atoms with van der Waals surface area (Å²) in [5.41, 5.74) is 1.81. The Morgan fingerprint density at radius 2 is 1.67 bits per heavy atom. The van der Waals surface area contributed by atoms with Gasteiger partial charge in [0.25, 0.3) is 0 Å². The summed E-state index contributed by atoms with van der Waals surface area (Å²) >= 11 is 3.27. The number of rotatable bonds is 4. The highest BCUT2D eigenvalue weighted by Gasteiger charge is 2.25. The van der Waals surface area contributed by atoms with Crippen molar-refractivity contribution in [2.75, 3.05) is 18.4 Å². The summed E-state index contributed by atoms with van der Waals surface area (Å²) in [5.74, 6) is 0. The molecule has 0 aromatic heterocycles. The van der Waals surface area contributed by atoms with Gasteiger partial charge in [-0.2, -0.15) is 0 Å². The van der Waals surface area contributed by atoms with E-state index in [9.17, 15) is 4.79 Å². The van der Waals surface area contributed by atoms with Crippen LogP contribution in [0.2, 0.25) is 0 Å². The Morgan fingerprint density at radius 3 is 2.41 bits per heavy atom. The molecule has 1 saturated carbocycles. The summed E-state index contributed by atoms with van der Waals surface area (Å²) < 4.78 is 0.375. The Bertz CT molecular complexity index is 643. The SMILES string of the molecule is N=C(Br)c1ccccc1NC1CCCN(C(=O)NC2CCCCCCC2)C1. The molecule has 0 radical (unpaired) electrons. The fraction of sp³-hybridized carbons (Fsp3) is 0.619. The highest BCUT2D eigenvalue weighted by atomic mass is 79.9. The molecule has 1 aromatic carbocycles. The van der Waals surface area contributed by atoms with Gasteiger partial charge in [-0.25, -0.2) is 4.79 Å². The molecular weight excluding hydrogens is 404 g/mol. The summed E-state index contributed by atoms with van der Waals surface area (Å²) in [7, 11) is 0. The number of carbonyl (C=O) groups is 1. The highest BCUT2D eigenvalue weighted by molar-refractivity contribution is 9.18. The third kappa shape index (κ3) is 5.96. The van der Waals surface area contributed by atoms with Crippen molar-refractivity contribution >= 4 is 32.3 Å². The lowest BCUT2D eigenvalue weighted by Crippen LogP contribution is -2.51. The van der Waals surface area contributed by atoms with E-state index in [1.807, 2.05) is 29.2 Å². The van der Waals surface area contributed by atoms with Gasteiger partial charge in [-0.3, -0.25) is 5.41 Å². The Hall–Kier alpha value is -1.56. The zero-order valence-electron chi connectivity index (χ0n) is 16.0. The maximum absolute atomic E-state index is 12.8. The van der Waals surface area contributed by atoms with Gasteiger partial charge in [0.1, 0.15) is 4.62 Å². The van der Waals surface area contributed by atoms with Crippen molar-refractivity contribution < 1.29 is 4.79 Å². The molecule has 1 heterocycles. The van der Waals surface area contributed by atoms with E-state index >= 15 is 0 Å². The number of piperidine rings is 1. The predicted molar refractivity (Wildman–Crippen MR) is 115 cm³/mol. The average Bonchev–Trinajstić information content (AvgIpc) is 2.64. The van der Waals surface area contributed by atoms with Crippen LogP contribution in [-0.4, -0.2) is 40.7 Å². The van der Waals surface area contributed by atoms with Gasteiger partial charge in [-0.05, 0) is 47.7 Å². The van der Waals surface area contributed by atoms with Crippen molar-refractivity contribution in [3.05, 3.63) is 29.8 Å². The molecular formula is C21H31BrN4O. The molecule has 6 heteroatoms. The minimum absolute atomic E-state index is 0.0913. The number of urea groups is 1. The molecule has 1 atom stereocenters. The molecule has 2 fully saturated rings. The average molecular weight is 435 g/mol. The number of nitrogens with zero attached hydrogens (tertiary/aromatic N) is 1. The molecule has 1 aliphatic heterocycles. The van der Waals surface area contributed by atoms with Crippen LogP contribution in [0.25, 0.3) is 0 Å². The Kier molecular flexibility index (Phi) is 7.56. The van der Waals surface area contributed by atoms with Crippen LogP contribution in [0.4, 0.5) is 10.5 Å². The monoisotopic (exact) mass is 434 g/mol. The molecule has 5 nitrogen and oxygen atoms in total. The molecule has 1 aromatic rings. The molecule has 148 valence electrons. The third-order valence-corrected chi connectivity index (χ3v) is 6.09. The van der Waals surface area contributed by atoms with Crippen molar-refractivity contribution in [2.24, 2.45) is 0 Å². The van der Waals surface area contributed by atoms with E-state index in [4.69, 9.17) is 5.41 Å². The molecule has 1 unspecified atom stereocenters. The number of halogens is 1. The van der Waals surface area contributed by atoms with Crippen LogP contribution in [0.15, 0.2) is 24.3 Å². The fourth-order valence-electron chi connectivity index (χ4n) is 4.17. The van der Waals surface area contributed by atoms with Gasteiger partial charge in [0.05, 0.1) is 0 Å². The first-order valence-corrected chi connectivity index (χ1v) is 11.1. The van der Waals surface area contributed by atoms with Gasteiger partial charge in [-0.15, -0.1) is 0 Å². The number of nitrogens with one attached hydrogen (secondary N) is 3. The van der Waals surface area contributed by atoms with Crippen molar-refractivity contribution in [3.8, 4) is 0 Å². The molecule has 1 aliphatic carbocycles. The van der Waals surface area contributed by atoms with Crippen LogP contribution in [0.1, 0.15) is 63.4 Å². The van der Waals surface area contributed by atoms with Crippen LogP contribution < -0.4 is 10.6 Å². The Morgan fingerprint density at radius 1 is 1.00 bits per heavy atom. The topological polar surface area (TPSA) is 68.2 Å². The minimum Gasteiger partial charge on any atom is -0.380 e. The molecule has 2 aliphatic rings. The summed E-state index contributed by atoms with van der Waals surface area (Å²) in [4.78, 5) is 14.7. The third-order valence-electron chi connectivity index (χ3n) is 5.66. The van der Waals surface area contributed by atoms with Gasteiger partial charge in [-0.1, -0.05) is 50.3 Å². The standard InChI is InChI=1S/C21H31BrN4O/c22-20(23)18-12-6-7-13-19(18)24-17-11-8-14-26(15-17)21(27)25-16-9-4-2-1-3-5-10-16/h6-7,12-13,16-17,23-24H,1-5,8-11,14-15H2,(H,25,27). The van der Waals surface area contributed by atoms with E-state index in [1.165, 1.54) is 32.1 Å². The zero-order valence-corrected chi connectivity index (χ0v) is 17.6. The first-order valence-electron chi connectivity index (χ1n) is 10.3. The van der Waals surface area contributed by atoms with Gasteiger partial charge in [0, 0.05) is 36.4 Å². The van der Waals surface area contributed by atoms with E-state index in [0.717, 1.165) is 43.5 Å². The van der Waals surface area contributed by atoms with E-state index in [0.29, 0.717) is 17.2 Å². The van der Waals surface area contributed by atoms with Crippen molar-refractivity contribution in [3.63, 3.8) is 0 Å². The fourth-order valence-corrected chi connectivity index (χ4v) is 4.51. The minimum atomic E-state index is 0.0913. The summed E-state index contributed by atoms with van der Waals surface area (Å²) in [6.45, 7) is 1.54. The molecule has 1 saturated heterocycles. The molecule has 0 spiro atoms. The highest BCUT2D eigenvalue weighted by Crippen LogP contribution is 2.22. The van der Waals surface area contributed by atoms with E-state index < -0.39 is 0 Å². The number of hydrogen-bond donors (Lipinski definition) is 3. The molecule has 2 amide bonds. The Labute approximate surface area is 170 Å². The summed E-state index contributed by atoms with van der Waals surface area (Å²) in [6.07, 6.45) is 10.7. The second-order valence-corrected chi connectivity index (χ2v) is 8.57. The van der Waals surface area contributed by atoms with Crippen LogP contribution in [-0.2, 0) is 0 Å². The smallest absolute Gasteiger partial charge is 0.317 e. The number of hydrogen-bond acceptors (Lipinski definition) is 3. The normalized spacial score (nSPS) is 21.8. The first-order chi connectivity index (χ1) is 13.1. The number of carbonyl (C=O) groups excluding carboxylic acids is 1. The van der Waals surface area contributed by atoms with Gasteiger partial charge in [0.2, 0.25) is 0 Å². The van der Waals surface area contributed by atoms with E-state index in [-0.39, 0.29) is 12.1 Å². The van der Waals surface area contributed by atoms with E-state index in [1.54, 1.807) is 0 Å². The molecule has 27 heavy (non-hydrogen) atoms. The second kappa shape index (κ2) is 10.1.